The highest BCUT2D eigenvalue weighted by atomic mass is 35.5. The van der Waals surface area contributed by atoms with E-state index in [0.29, 0.717) is 11.4 Å². The lowest BCUT2D eigenvalue weighted by molar-refractivity contribution is 1.19. The summed E-state index contributed by atoms with van der Waals surface area (Å²) in [5.41, 5.74) is 1.87. The molecule has 0 aliphatic rings. The van der Waals surface area contributed by atoms with E-state index in [9.17, 15) is 0 Å². The first-order valence-corrected chi connectivity index (χ1v) is 5.62. The molecule has 15 heavy (non-hydrogen) atoms. The second-order valence-electron chi connectivity index (χ2n) is 2.97. The van der Waals surface area contributed by atoms with Gasteiger partial charge in [0, 0.05) is 16.0 Å². The molecular weight excluding hydrogens is 228 g/mol. The molecule has 0 aliphatic heterocycles. The number of halogens is 1. The summed E-state index contributed by atoms with van der Waals surface area (Å²) < 4.78 is 0. The Morgan fingerprint density at radius 2 is 2.33 bits per heavy atom. The maximum Gasteiger partial charge on any atom is 0.107 e. The Hall–Kier alpha value is -1.37. The Balaban J connectivity index is 2.34. The van der Waals surface area contributed by atoms with Gasteiger partial charge >= 0.3 is 0 Å². The van der Waals surface area contributed by atoms with Gasteiger partial charge in [-0.1, -0.05) is 23.7 Å². The Kier molecular flexibility index (Phi) is 3.00. The average molecular weight is 235 g/mol. The van der Waals surface area contributed by atoms with E-state index in [1.165, 1.54) is 11.3 Å². The molecule has 0 saturated heterocycles. The minimum atomic E-state index is 0.366. The number of thiazole rings is 1. The van der Waals surface area contributed by atoms with Gasteiger partial charge in [-0.15, -0.1) is 11.3 Å². The summed E-state index contributed by atoms with van der Waals surface area (Å²) in [7, 11) is 0. The molecule has 0 bridgehead atoms. The van der Waals surface area contributed by atoms with Crippen molar-refractivity contribution >= 4 is 22.9 Å². The lowest BCUT2D eigenvalue weighted by Gasteiger charge is -1.96. The molecule has 0 unspecified atom stereocenters. The summed E-state index contributed by atoms with van der Waals surface area (Å²) in [5.74, 6) is 0. The van der Waals surface area contributed by atoms with Crippen LogP contribution in [0.15, 0.2) is 29.6 Å². The molecule has 0 saturated carbocycles. The maximum absolute atomic E-state index is 8.54. The van der Waals surface area contributed by atoms with Crippen molar-refractivity contribution in [3.8, 4) is 17.3 Å². The molecule has 0 fully saturated rings. The van der Waals surface area contributed by atoms with Crippen LogP contribution in [0.25, 0.3) is 11.3 Å². The largest absolute Gasteiger partial charge is 0.240 e. The second kappa shape index (κ2) is 4.43. The van der Waals surface area contributed by atoms with Crippen LogP contribution in [-0.2, 0) is 6.42 Å². The van der Waals surface area contributed by atoms with Crippen molar-refractivity contribution in [2.45, 2.75) is 6.42 Å². The smallest absolute Gasteiger partial charge is 0.107 e. The van der Waals surface area contributed by atoms with Crippen LogP contribution in [0, 0.1) is 11.3 Å². The van der Waals surface area contributed by atoms with E-state index in [2.05, 4.69) is 11.1 Å². The van der Waals surface area contributed by atoms with Crippen LogP contribution in [-0.4, -0.2) is 4.98 Å². The highest BCUT2D eigenvalue weighted by molar-refractivity contribution is 7.10. The predicted molar refractivity (Wildman–Crippen MR) is 61.9 cm³/mol. The quantitative estimate of drug-likeness (QED) is 0.797. The van der Waals surface area contributed by atoms with Crippen LogP contribution in [0.3, 0.4) is 0 Å². The zero-order chi connectivity index (χ0) is 10.7. The molecule has 0 radical (unpaired) electrons. The molecule has 2 aromatic rings. The van der Waals surface area contributed by atoms with Crippen molar-refractivity contribution in [3.63, 3.8) is 0 Å². The third-order valence-corrected chi connectivity index (χ3v) is 2.99. The molecule has 74 valence electrons. The third kappa shape index (κ3) is 2.35. The van der Waals surface area contributed by atoms with E-state index in [1.54, 1.807) is 0 Å². The van der Waals surface area contributed by atoms with Gasteiger partial charge in [0.2, 0.25) is 0 Å². The van der Waals surface area contributed by atoms with E-state index in [0.717, 1.165) is 16.3 Å². The first-order chi connectivity index (χ1) is 7.29. The molecule has 1 aromatic carbocycles. The first kappa shape index (κ1) is 10.2. The lowest BCUT2D eigenvalue weighted by atomic mass is 10.2. The van der Waals surface area contributed by atoms with Gasteiger partial charge in [-0.2, -0.15) is 5.26 Å². The number of aromatic nitrogens is 1. The third-order valence-electron chi connectivity index (χ3n) is 1.90. The van der Waals surface area contributed by atoms with Gasteiger partial charge in [0.05, 0.1) is 18.2 Å². The van der Waals surface area contributed by atoms with Gasteiger partial charge in [-0.05, 0) is 12.1 Å². The van der Waals surface area contributed by atoms with Crippen molar-refractivity contribution in [2.24, 2.45) is 0 Å². The summed E-state index contributed by atoms with van der Waals surface area (Å²) in [5, 5.41) is 12.0. The molecule has 1 heterocycles. The highest BCUT2D eigenvalue weighted by Crippen LogP contribution is 2.24. The van der Waals surface area contributed by atoms with Gasteiger partial charge in [-0.25, -0.2) is 4.98 Å². The Morgan fingerprint density at radius 1 is 1.47 bits per heavy atom. The van der Waals surface area contributed by atoms with E-state index >= 15 is 0 Å². The summed E-state index contributed by atoms with van der Waals surface area (Å²) in [6.45, 7) is 0. The van der Waals surface area contributed by atoms with Crippen LogP contribution < -0.4 is 0 Å². The van der Waals surface area contributed by atoms with Gasteiger partial charge in [0.15, 0.2) is 0 Å². The minimum absolute atomic E-state index is 0.366. The molecule has 2 nitrogen and oxygen atoms in total. The maximum atomic E-state index is 8.54. The van der Waals surface area contributed by atoms with Crippen LogP contribution in [0.2, 0.25) is 5.02 Å². The topological polar surface area (TPSA) is 36.7 Å². The molecular formula is C11H7ClN2S. The highest BCUT2D eigenvalue weighted by Gasteiger charge is 2.04. The fourth-order valence-corrected chi connectivity index (χ4v) is 2.17. The second-order valence-corrected chi connectivity index (χ2v) is 4.35. The van der Waals surface area contributed by atoms with Gasteiger partial charge in [-0.3, -0.25) is 0 Å². The number of hydrogen-bond donors (Lipinski definition) is 0. The van der Waals surface area contributed by atoms with Crippen LogP contribution in [0.4, 0.5) is 0 Å². The molecule has 2 rings (SSSR count). The lowest BCUT2D eigenvalue weighted by Crippen LogP contribution is -1.81. The predicted octanol–water partition coefficient (Wildman–Crippen LogP) is 3.53. The van der Waals surface area contributed by atoms with E-state index in [-0.39, 0.29) is 0 Å². The summed E-state index contributed by atoms with van der Waals surface area (Å²) in [4.78, 5) is 4.35. The SMILES string of the molecule is N#CCc1nc(-c2cccc(Cl)c2)cs1. The van der Waals surface area contributed by atoms with E-state index in [1.807, 2.05) is 29.6 Å². The van der Waals surface area contributed by atoms with E-state index in [4.69, 9.17) is 16.9 Å². The minimum Gasteiger partial charge on any atom is -0.240 e. The van der Waals surface area contributed by atoms with Crippen LogP contribution >= 0.6 is 22.9 Å². The Labute approximate surface area is 96.8 Å². The standard InChI is InChI=1S/C11H7ClN2S/c12-9-3-1-2-8(6-9)10-7-15-11(14-10)4-5-13/h1-3,6-7H,4H2. The van der Waals surface area contributed by atoms with Crippen molar-refractivity contribution in [2.75, 3.05) is 0 Å². The fourth-order valence-electron chi connectivity index (χ4n) is 1.24. The van der Waals surface area contributed by atoms with Crippen molar-refractivity contribution in [1.29, 1.82) is 5.26 Å². The fraction of sp³-hybridized carbons (Fsp3) is 0.0909. The summed E-state index contributed by atoms with van der Waals surface area (Å²) >= 11 is 7.38. The molecule has 0 spiro atoms. The zero-order valence-corrected chi connectivity index (χ0v) is 9.35. The van der Waals surface area contributed by atoms with Crippen molar-refractivity contribution < 1.29 is 0 Å². The molecule has 4 heteroatoms. The molecule has 0 amide bonds. The molecule has 0 atom stereocenters. The van der Waals surface area contributed by atoms with Crippen molar-refractivity contribution in [1.82, 2.24) is 4.98 Å². The zero-order valence-electron chi connectivity index (χ0n) is 7.77. The number of rotatable bonds is 2. The van der Waals surface area contributed by atoms with Crippen LogP contribution in [0.1, 0.15) is 5.01 Å². The number of benzene rings is 1. The Bertz CT molecular complexity index is 513. The first-order valence-electron chi connectivity index (χ1n) is 4.37. The Morgan fingerprint density at radius 3 is 3.07 bits per heavy atom. The molecule has 1 aromatic heterocycles. The van der Waals surface area contributed by atoms with E-state index < -0.39 is 0 Å². The summed E-state index contributed by atoms with van der Waals surface area (Å²) in [6, 6.07) is 9.62. The molecule has 0 aliphatic carbocycles. The van der Waals surface area contributed by atoms with Gasteiger partial charge < -0.3 is 0 Å². The number of hydrogen-bond acceptors (Lipinski definition) is 3. The van der Waals surface area contributed by atoms with Crippen molar-refractivity contribution in [3.05, 3.63) is 39.7 Å². The number of nitrogens with zero attached hydrogens (tertiary/aromatic N) is 2. The average Bonchev–Trinajstić information content (AvgIpc) is 2.67. The number of nitriles is 1. The summed E-state index contributed by atoms with van der Waals surface area (Å²) in [6.07, 6.45) is 0.366. The monoisotopic (exact) mass is 234 g/mol. The van der Waals surface area contributed by atoms with Gasteiger partial charge in [0.1, 0.15) is 5.01 Å². The molecule has 0 N–H and O–H groups in total. The van der Waals surface area contributed by atoms with Crippen LogP contribution in [0.5, 0.6) is 0 Å². The normalized spacial score (nSPS) is 9.87. The van der Waals surface area contributed by atoms with Gasteiger partial charge in [0.25, 0.3) is 0 Å².